The Morgan fingerprint density at radius 3 is 2.70 bits per heavy atom. The third-order valence-electron chi connectivity index (χ3n) is 3.91. The molecule has 0 radical (unpaired) electrons. The first-order chi connectivity index (χ1) is 11.2. The van der Waals surface area contributed by atoms with E-state index in [1.807, 2.05) is 48.5 Å². The van der Waals surface area contributed by atoms with Crippen molar-refractivity contribution < 1.29 is 14.6 Å². The first-order valence-corrected chi connectivity index (χ1v) is 7.36. The van der Waals surface area contributed by atoms with Crippen molar-refractivity contribution in [3.63, 3.8) is 0 Å². The van der Waals surface area contributed by atoms with Gasteiger partial charge >= 0.3 is 6.09 Å². The molecule has 5 heteroatoms. The van der Waals surface area contributed by atoms with Crippen molar-refractivity contribution in [3.05, 3.63) is 65.7 Å². The zero-order valence-corrected chi connectivity index (χ0v) is 12.4. The molecular weight excluding hydrogens is 292 g/mol. The van der Waals surface area contributed by atoms with E-state index in [1.165, 1.54) is 4.90 Å². The molecule has 1 N–H and O–H groups in total. The van der Waals surface area contributed by atoms with Crippen molar-refractivity contribution in [1.29, 1.82) is 5.26 Å². The average Bonchev–Trinajstić information content (AvgIpc) is 2.99. The van der Waals surface area contributed by atoms with Crippen LogP contribution in [0.5, 0.6) is 0 Å². The number of ether oxygens (including phenoxy) is 1. The second-order valence-electron chi connectivity index (χ2n) is 5.38. The summed E-state index contributed by atoms with van der Waals surface area (Å²) in [6.45, 7) is 0.147. The predicted octanol–water partition coefficient (Wildman–Crippen LogP) is 2.64. The number of anilines is 1. The van der Waals surface area contributed by atoms with Gasteiger partial charge in [-0.15, -0.1) is 0 Å². The van der Waals surface area contributed by atoms with Crippen LogP contribution >= 0.6 is 0 Å². The molecule has 23 heavy (non-hydrogen) atoms. The molecule has 2 atom stereocenters. The van der Waals surface area contributed by atoms with Crippen molar-refractivity contribution in [3.8, 4) is 6.07 Å². The lowest BCUT2D eigenvalue weighted by molar-refractivity contribution is 0.135. The third-order valence-corrected chi connectivity index (χ3v) is 3.91. The highest BCUT2D eigenvalue weighted by Crippen LogP contribution is 2.34. The minimum atomic E-state index is -1.26. The Kier molecular flexibility index (Phi) is 4.26. The van der Waals surface area contributed by atoms with E-state index in [2.05, 4.69) is 0 Å². The lowest BCUT2D eigenvalue weighted by Crippen LogP contribution is -2.44. The van der Waals surface area contributed by atoms with Gasteiger partial charge in [-0.2, -0.15) is 5.26 Å². The Hall–Kier alpha value is -2.84. The second-order valence-corrected chi connectivity index (χ2v) is 5.38. The predicted molar refractivity (Wildman–Crippen MR) is 84.7 cm³/mol. The molecule has 0 aromatic heterocycles. The summed E-state index contributed by atoms with van der Waals surface area (Å²) < 4.78 is 5.36. The smallest absolute Gasteiger partial charge is 0.415 e. The maximum absolute atomic E-state index is 12.5. The standard InChI is InChI=1S/C18H16N2O3/c19-11-17(21)16-10-14-8-4-5-9-15(14)20(16)18(22)23-12-13-6-2-1-3-7-13/h1-9,16-17,21H,10,12H2/t16-,17-/m0/s1. The number of nitriles is 1. The van der Waals surface area contributed by atoms with E-state index in [0.717, 1.165) is 11.1 Å². The van der Waals surface area contributed by atoms with E-state index in [-0.39, 0.29) is 6.61 Å². The van der Waals surface area contributed by atoms with E-state index in [0.29, 0.717) is 12.1 Å². The van der Waals surface area contributed by atoms with Crippen LogP contribution in [0.4, 0.5) is 10.5 Å². The van der Waals surface area contributed by atoms with Crippen molar-refractivity contribution >= 4 is 11.8 Å². The summed E-state index contributed by atoms with van der Waals surface area (Å²) in [4.78, 5) is 13.9. The summed E-state index contributed by atoms with van der Waals surface area (Å²) in [7, 11) is 0. The van der Waals surface area contributed by atoms with E-state index in [4.69, 9.17) is 10.00 Å². The van der Waals surface area contributed by atoms with Crippen LogP contribution in [0.1, 0.15) is 11.1 Å². The maximum atomic E-state index is 12.5. The van der Waals surface area contributed by atoms with Gasteiger partial charge in [0, 0.05) is 0 Å². The van der Waals surface area contributed by atoms with E-state index in [9.17, 15) is 9.90 Å². The number of aliphatic hydroxyl groups excluding tert-OH is 1. The van der Waals surface area contributed by atoms with E-state index >= 15 is 0 Å². The highest BCUT2D eigenvalue weighted by atomic mass is 16.6. The summed E-state index contributed by atoms with van der Waals surface area (Å²) in [5.74, 6) is 0. The molecule has 1 aliphatic heterocycles. The van der Waals surface area contributed by atoms with Gasteiger partial charge in [0.25, 0.3) is 0 Å². The van der Waals surface area contributed by atoms with Gasteiger partial charge in [0.05, 0.1) is 17.8 Å². The first kappa shape index (κ1) is 15.1. The summed E-state index contributed by atoms with van der Waals surface area (Å²) in [5, 5.41) is 18.9. The molecule has 1 heterocycles. The van der Waals surface area contributed by atoms with Gasteiger partial charge in [-0.1, -0.05) is 48.5 Å². The molecule has 0 bridgehead atoms. The van der Waals surface area contributed by atoms with Crippen molar-refractivity contribution in [1.82, 2.24) is 0 Å². The Bertz CT molecular complexity index is 739. The third kappa shape index (κ3) is 3.03. The fourth-order valence-corrected chi connectivity index (χ4v) is 2.78. The SMILES string of the molecule is N#C[C@H](O)[C@@H]1Cc2ccccc2N1C(=O)OCc1ccccc1. The topological polar surface area (TPSA) is 73.6 Å². The molecule has 116 valence electrons. The fourth-order valence-electron chi connectivity index (χ4n) is 2.78. The molecule has 2 aromatic rings. The minimum Gasteiger partial charge on any atom is -0.444 e. The quantitative estimate of drug-likeness (QED) is 0.885. The molecule has 0 aliphatic carbocycles. The van der Waals surface area contributed by atoms with Gasteiger partial charge in [-0.3, -0.25) is 4.90 Å². The Labute approximate surface area is 134 Å². The number of carbonyl (C=O) groups is 1. The highest BCUT2D eigenvalue weighted by molar-refractivity contribution is 5.91. The molecule has 0 saturated heterocycles. The minimum absolute atomic E-state index is 0.147. The molecule has 0 saturated carbocycles. The van der Waals surface area contributed by atoms with Crippen LogP contribution in [0.15, 0.2) is 54.6 Å². The lowest BCUT2D eigenvalue weighted by atomic mass is 10.1. The van der Waals surface area contributed by atoms with Gasteiger partial charge in [0.1, 0.15) is 6.61 Å². The van der Waals surface area contributed by atoms with Crippen LogP contribution in [-0.4, -0.2) is 23.3 Å². The Balaban J connectivity index is 1.80. The number of rotatable bonds is 3. The zero-order chi connectivity index (χ0) is 16.2. The van der Waals surface area contributed by atoms with Crippen molar-refractivity contribution in [2.45, 2.75) is 25.2 Å². The van der Waals surface area contributed by atoms with Crippen molar-refractivity contribution in [2.24, 2.45) is 0 Å². The number of fused-ring (bicyclic) bond motifs is 1. The molecule has 0 unspecified atom stereocenters. The number of nitrogens with zero attached hydrogens (tertiary/aromatic N) is 2. The van der Waals surface area contributed by atoms with Gasteiger partial charge in [0.15, 0.2) is 6.10 Å². The van der Waals surface area contributed by atoms with Crippen molar-refractivity contribution in [2.75, 3.05) is 4.90 Å². The number of hydrogen-bond acceptors (Lipinski definition) is 4. The molecule has 2 aromatic carbocycles. The van der Waals surface area contributed by atoms with Crippen LogP contribution in [0.2, 0.25) is 0 Å². The number of aliphatic hydroxyl groups is 1. The normalized spacial score (nSPS) is 17.2. The van der Waals surface area contributed by atoms with Crippen LogP contribution in [0, 0.1) is 11.3 Å². The monoisotopic (exact) mass is 308 g/mol. The van der Waals surface area contributed by atoms with E-state index in [1.54, 1.807) is 12.1 Å². The summed E-state index contributed by atoms with van der Waals surface area (Å²) in [5.41, 5.74) is 2.49. The molecule has 1 aliphatic rings. The number of carbonyl (C=O) groups excluding carboxylic acids is 1. The molecule has 1 amide bonds. The number of para-hydroxylation sites is 1. The van der Waals surface area contributed by atoms with Gasteiger partial charge in [0.2, 0.25) is 0 Å². The first-order valence-electron chi connectivity index (χ1n) is 7.36. The van der Waals surface area contributed by atoms with Crippen LogP contribution in [0.25, 0.3) is 0 Å². The molecule has 3 rings (SSSR count). The van der Waals surface area contributed by atoms with Crippen LogP contribution in [-0.2, 0) is 17.8 Å². The maximum Gasteiger partial charge on any atom is 0.415 e. The molecule has 0 spiro atoms. The number of amides is 1. The average molecular weight is 308 g/mol. The fraction of sp³-hybridized carbons (Fsp3) is 0.222. The number of hydrogen-bond donors (Lipinski definition) is 1. The summed E-state index contributed by atoms with van der Waals surface area (Å²) in [6, 6.07) is 17.9. The second kappa shape index (κ2) is 6.51. The van der Waals surface area contributed by atoms with Gasteiger partial charge < -0.3 is 9.84 Å². The molecule has 0 fully saturated rings. The van der Waals surface area contributed by atoms with Crippen LogP contribution < -0.4 is 4.90 Å². The van der Waals surface area contributed by atoms with Gasteiger partial charge in [-0.25, -0.2) is 4.79 Å². The summed E-state index contributed by atoms with van der Waals surface area (Å²) >= 11 is 0. The van der Waals surface area contributed by atoms with Gasteiger partial charge in [-0.05, 0) is 23.6 Å². The van der Waals surface area contributed by atoms with E-state index < -0.39 is 18.2 Å². The zero-order valence-electron chi connectivity index (χ0n) is 12.4. The Morgan fingerprint density at radius 1 is 1.26 bits per heavy atom. The summed E-state index contributed by atoms with van der Waals surface area (Å²) in [6.07, 6.45) is -1.38. The highest BCUT2D eigenvalue weighted by Gasteiger charge is 2.39. The molecular formula is C18H16N2O3. The number of benzene rings is 2. The lowest BCUT2D eigenvalue weighted by Gasteiger charge is -2.25. The molecule has 5 nitrogen and oxygen atoms in total. The largest absolute Gasteiger partial charge is 0.444 e. The Morgan fingerprint density at radius 2 is 1.96 bits per heavy atom. The van der Waals surface area contributed by atoms with Crippen LogP contribution in [0.3, 0.4) is 0 Å².